The summed E-state index contributed by atoms with van der Waals surface area (Å²) in [6, 6.07) is 1.54. The predicted molar refractivity (Wildman–Crippen MR) is 56.7 cm³/mol. The summed E-state index contributed by atoms with van der Waals surface area (Å²) in [6.45, 7) is 4.75. The van der Waals surface area contributed by atoms with Gasteiger partial charge in [-0.3, -0.25) is 0 Å². The Morgan fingerprint density at radius 2 is 1.31 bits per heavy atom. The molecule has 0 spiro atoms. The fraction of sp³-hybridized carbons (Fsp3) is 1.00. The van der Waals surface area contributed by atoms with E-state index in [1.165, 1.54) is 38.5 Å². The third-order valence-corrected chi connectivity index (χ3v) is 3.96. The lowest BCUT2D eigenvalue weighted by atomic mass is 9.98. The molecule has 0 amide bonds. The lowest BCUT2D eigenvalue weighted by molar-refractivity contribution is 0.334. The quantitative estimate of drug-likeness (QED) is 0.703. The average molecular weight is 181 g/mol. The maximum absolute atomic E-state index is 3.78. The SMILES string of the molecule is CC(N[C@H](C)C1CCCC1)C1CC1. The smallest absolute Gasteiger partial charge is 0.00695 e. The van der Waals surface area contributed by atoms with Crippen LogP contribution in [0.3, 0.4) is 0 Å². The molecule has 1 N–H and O–H groups in total. The zero-order chi connectivity index (χ0) is 9.26. The highest BCUT2D eigenvalue weighted by Gasteiger charge is 2.30. The summed E-state index contributed by atoms with van der Waals surface area (Å²) < 4.78 is 0. The zero-order valence-electron chi connectivity index (χ0n) is 9.05. The van der Waals surface area contributed by atoms with Crippen molar-refractivity contribution in [1.82, 2.24) is 5.32 Å². The monoisotopic (exact) mass is 181 g/mol. The molecule has 0 aromatic rings. The van der Waals surface area contributed by atoms with Gasteiger partial charge < -0.3 is 5.32 Å². The lowest BCUT2D eigenvalue weighted by Crippen LogP contribution is -2.39. The normalized spacial score (nSPS) is 29.1. The molecule has 13 heavy (non-hydrogen) atoms. The van der Waals surface area contributed by atoms with Gasteiger partial charge >= 0.3 is 0 Å². The molecule has 0 bridgehead atoms. The Bertz CT molecular complexity index is 157. The molecule has 0 aliphatic heterocycles. The molecular weight excluding hydrogens is 158 g/mol. The number of hydrogen-bond acceptors (Lipinski definition) is 1. The fourth-order valence-electron chi connectivity index (χ4n) is 2.74. The van der Waals surface area contributed by atoms with Crippen molar-refractivity contribution in [2.75, 3.05) is 0 Å². The first-order chi connectivity index (χ1) is 6.27. The minimum atomic E-state index is 0.762. The summed E-state index contributed by atoms with van der Waals surface area (Å²) in [6.07, 6.45) is 8.79. The van der Waals surface area contributed by atoms with Gasteiger partial charge in [0.15, 0.2) is 0 Å². The van der Waals surface area contributed by atoms with Crippen molar-refractivity contribution in [3.05, 3.63) is 0 Å². The topological polar surface area (TPSA) is 12.0 Å². The van der Waals surface area contributed by atoms with E-state index in [1.54, 1.807) is 0 Å². The summed E-state index contributed by atoms with van der Waals surface area (Å²) in [5.41, 5.74) is 0. The second-order valence-corrected chi connectivity index (χ2v) is 5.13. The van der Waals surface area contributed by atoms with Crippen molar-refractivity contribution in [3.63, 3.8) is 0 Å². The van der Waals surface area contributed by atoms with Crippen LogP contribution in [-0.4, -0.2) is 12.1 Å². The molecule has 1 nitrogen and oxygen atoms in total. The lowest BCUT2D eigenvalue weighted by Gasteiger charge is -2.24. The minimum absolute atomic E-state index is 0.762. The van der Waals surface area contributed by atoms with Crippen molar-refractivity contribution in [3.8, 4) is 0 Å². The van der Waals surface area contributed by atoms with Gasteiger partial charge in [-0.1, -0.05) is 12.8 Å². The highest BCUT2D eigenvalue weighted by atomic mass is 15.0. The summed E-state index contributed by atoms with van der Waals surface area (Å²) in [5.74, 6) is 1.98. The summed E-state index contributed by atoms with van der Waals surface area (Å²) >= 11 is 0. The molecule has 0 saturated heterocycles. The van der Waals surface area contributed by atoms with Gasteiger partial charge in [0.2, 0.25) is 0 Å². The Balaban J connectivity index is 1.72. The second kappa shape index (κ2) is 4.00. The number of rotatable bonds is 4. The standard InChI is InChI=1S/C12H23N/c1-9(11-5-3-4-6-11)13-10(2)12-7-8-12/h9-13H,3-8H2,1-2H3/t9-,10?/m1/s1. The van der Waals surface area contributed by atoms with E-state index < -0.39 is 0 Å². The predicted octanol–water partition coefficient (Wildman–Crippen LogP) is 2.95. The molecular formula is C12H23N. The van der Waals surface area contributed by atoms with Crippen LogP contribution in [0.15, 0.2) is 0 Å². The molecule has 1 unspecified atom stereocenters. The molecule has 2 aliphatic carbocycles. The van der Waals surface area contributed by atoms with Crippen molar-refractivity contribution >= 4 is 0 Å². The van der Waals surface area contributed by atoms with Gasteiger partial charge in [-0.2, -0.15) is 0 Å². The fourth-order valence-corrected chi connectivity index (χ4v) is 2.74. The molecule has 2 rings (SSSR count). The van der Waals surface area contributed by atoms with Crippen LogP contribution in [0.1, 0.15) is 52.4 Å². The van der Waals surface area contributed by atoms with Crippen molar-refractivity contribution in [2.24, 2.45) is 11.8 Å². The second-order valence-electron chi connectivity index (χ2n) is 5.13. The molecule has 0 aromatic carbocycles. The Labute approximate surface area is 82.3 Å². The molecule has 0 aromatic heterocycles. The van der Waals surface area contributed by atoms with Crippen LogP contribution in [0.5, 0.6) is 0 Å². The Morgan fingerprint density at radius 1 is 0.846 bits per heavy atom. The first-order valence-electron chi connectivity index (χ1n) is 6.03. The highest BCUT2D eigenvalue weighted by Crippen LogP contribution is 2.34. The van der Waals surface area contributed by atoms with Gasteiger partial charge in [0.05, 0.1) is 0 Å². The maximum atomic E-state index is 3.78. The van der Waals surface area contributed by atoms with E-state index in [2.05, 4.69) is 19.2 Å². The van der Waals surface area contributed by atoms with E-state index in [4.69, 9.17) is 0 Å². The van der Waals surface area contributed by atoms with Crippen LogP contribution in [0, 0.1) is 11.8 Å². The largest absolute Gasteiger partial charge is 0.311 e. The maximum Gasteiger partial charge on any atom is 0.00695 e. The van der Waals surface area contributed by atoms with Crippen molar-refractivity contribution in [2.45, 2.75) is 64.5 Å². The van der Waals surface area contributed by atoms with Crippen LogP contribution < -0.4 is 5.32 Å². The Morgan fingerprint density at radius 3 is 1.77 bits per heavy atom. The molecule has 76 valence electrons. The van der Waals surface area contributed by atoms with E-state index >= 15 is 0 Å². The first-order valence-corrected chi connectivity index (χ1v) is 6.03. The van der Waals surface area contributed by atoms with Crippen LogP contribution in [0.4, 0.5) is 0 Å². The molecule has 2 fully saturated rings. The van der Waals surface area contributed by atoms with Crippen LogP contribution >= 0.6 is 0 Å². The van der Waals surface area contributed by atoms with E-state index in [1.807, 2.05) is 0 Å². The van der Waals surface area contributed by atoms with E-state index in [9.17, 15) is 0 Å². The van der Waals surface area contributed by atoms with E-state index in [0.717, 1.165) is 23.9 Å². The average Bonchev–Trinajstić information content (AvgIpc) is 2.81. The van der Waals surface area contributed by atoms with Crippen molar-refractivity contribution < 1.29 is 0 Å². The van der Waals surface area contributed by atoms with Crippen LogP contribution in [-0.2, 0) is 0 Å². The van der Waals surface area contributed by atoms with Gasteiger partial charge in [-0.05, 0) is 51.4 Å². The van der Waals surface area contributed by atoms with E-state index in [0.29, 0.717) is 0 Å². The first kappa shape index (κ1) is 9.51. The molecule has 1 heteroatoms. The number of nitrogens with one attached hydrogen (secondary N) is 1. The third-order valence-electron chi connectivity index (χ3n) is 3.96. The molecule has 0 radical (unpaired) electrons. The molecule has 2 saturated carbocycles. The van der Waals surface area contributed by atoms with Gasteiger partial charge in [0.25, 0.3) is 0 Å². The Hall–Kier alpha value is -0.0400. The summed E-state index contributed by atoms with van der Waals surface area (Å²) in [5, 5.41) is 3.78. The molecule has 2 atom stereocenters. The van der Waals surface area contributed by atoms with Crippen molar-refractivity contribution in [1.29, 1.82) is 0 Å². The minimum Gasteiger partial charge on any atom is -0.311 e. The van der Waals surface area contributed by atoms with Gasteiger partial charge in [-0.25, -0.2) is 0 Å². The summed E-state index contributed by atoms with van der Waals surface area (Å²) in [4.78, 5) is 0. The summed E-state index contributed by atoms with van der Waals surface area (Å²) in [7, 11) is 0. The van der Waals surface area contributed by atoms with Gasteiger partial charge in [0.1, 0.15) is 0 Å². The van der Waals surface area contributed by atoms with Gasteiger partial charge in [0, 0.05) is 12.1 Å². The van der Waals surface area contributed by atoms with Crippen LogP contribution in [0.25, 0.3) is 0 Å². The number of hydrogen-bond donors (Lipinski definition) is 1. The molecule has 0 heterocycles. The zero-order valence-corrected chi connectivity index (χ0v) is 9.05. The highest BCUT2D eigenvalue weighted by molar-refractivity contribution is 4.87. The van der Waals surface area contributed by atoms with Gasteiger partial charge in [-0.15, -0.1) is 0 Å². The molecule has 2 aliphatic rings. The van der Waals surface area contributed by atoms with E-state index in [-0.39, 0.29) is 0 Å². The van der Waals surface area contributed by atoms with Crippen LogP contribution in [0.2, 0.25) is 0 Å². The third kappa shape index (κ3) is 2.46. The Kier molecular flexibility index (Phi) is 2.92.